The first kappa shape index (κ1) is 13.3. The Hall–Kier alpha value is -0.0900. The summed E-state index contributed by atoms with van der Waals surface area (Å²) in [5.74, 6) is 0.501. The van der Waals surface area contributed by atoms with Crippen molar-refractivity contribution in [2.45, 2.75) is 18.9 Å². The van der Waals surface area contributed by atoms with Crippen molar-refractivity contribution < 1.29 is 0 Å². The van der Waals surface area contributed by atoms with E-state index in [-0.39, 0.29) is 0 Å². The number of benzene rings is 1. The highest BCUT2D eigenvalue weighted by Gasteiger charge is 2.30. The van der Waals surface area contributed by atoms with Gasteiger partial charge in [0.1, 0.15) is 0 Å². The molecule has 1 saturated heterocycles. The zero-order chi connectivity index (χ0) is 12.4. The van der Waals surface area contributed by atoms with E-state index in [1.54, 1.807) is 0 Å². The molecule has 1 fully saturated rings. The van der Waals surface area contributed by atoms with E-state index in [9.17, 15) is 0 Å². The summed E-state index contributed by atoms with van der Waals surface area (Å²) in [5.41, 5.74) is 7.09. The van der Waals surface area contributed by atoms with Crippen LogP contribution in [-0.2, 0) is 0 Å². The predicted molar refractivity (Wildman–Crippen MR) is 76.3 cm³/mol. The molecule has 0 radical (unpaired) electrons. The maximum absolute atomic E-state index is 6.33. The van der Waals surface area contributed by atoms with E-state index < -0.39 is 0 Å². The van der Waals surface area contributed by atoms with Crippen molar-refractivity contribution in [2.75, 3.05) is 20.1 Å². The third kappa shape index (κ3) is 2.84. The summed E-state index contributed by atoms with van der Waals surface area (Å²) in [6.45, 7) is 1.84. The Labute approximate surface area is 116 Å². The number of hydrogen-bond acceptors (Lipinski definition) is 2. The van der Waals surface area contributed by atoms with Crippen LogP contribution in [0.4, 0.5) is 0 Å². The third-order valence-corrected chi connectivity index (χ3v) is 4.42. The molecule has 2 unspecified atom stereocenters. The number of nitrogens with zero attached hydrogens (tertiary/aromatic N) is 1. The molecule has 2 nitrogen and oxygen atoms in total. The molecule has 0 bridgehead atoms. The number of hydrogen-bond donors (Lipinski definition) is 1. The monoisotopic (exact) mass is 316 g/mol. The molecule has 2 atom stereocenters. The number of piperidine rings is 1. The summed E-state index contributed by atoms with van der Waals surface area (Å²) in [7, 11) is 2.16. The Morgan fingerprint density at radius 2 is 2.29 bits per heavy atom. The summed E-state index contributed by atoms with van der Waals surface area (Å²) in [6.07, 6.45) is 2.41. The molecule has 17 heavy (non-hydrogen) atoms. The Kier molecular flexibility index (Phi) is 4.47. The van der Waals surface area contributed by atoms with Crippen LogP contribution >= 0.6 is 27.5 Å². The lowest BCUT2D eigenvalue weighted by Gasteiger charge is -2.39. The van der Waals surface area contributed by atoms with Gasteiger partial charge in [0.15, 0.2) is 0 Å². The molecular formula is C13H18BrClN2. The highest BCUT2D eigenvalue weighted by Crippen LogP contribution is 2.38. The fourth-order valence-corrected chi connectivity index (χ4v) is 3.35. The normalized spacial score (nSPS) is 26.1. The second kappa shape index (κ2) is 5.70. The van der Waals surface area contributed by atoms with Crippen LogP contribution < -0.4 is 5.73 Å². The summed E-state index contributed by atoms with van der Waals surface area (Å²) in [4.78, 5) is 2.37. The molecule has 1 heterocycles. The second-order valence-corrected chi connectivity index (χ2v) is 6.05. The van der Waals surface area contributed by atoms with Gasteiger partial charge in [0.2, 0.25) is 0 Å². The molecule has 2 N–H and O–H groups in total. The molecule has 1 aliphatic rings. The molecule has 0 spiro atoms. The van der Waals surface area contributed by atoms with Crippen LogP contribution in [0.25, 0.3) is 0 Å². The lowest BCUT2D eigenvalue weighted by Crippen LogP contribution is -2.39. The molecule has 1 aliphatic heterocycles. The molecule has 0 aromatic heterocycles. The lowest BCUT2D eigenvalue weighted by atomic mass is 9.85. The van der Waals surface area contributed by atoms with Crippen LogP contribution in [0, 0.1) is 5.92 Å². The van der Waals surface area contributed by atoms with Gasteiger partial charge in [-0.15, -0.1) is 0 Å². The first-order valence-electron chi connectivity index (χ1n) is 5.98. The first-order chi connectivity index (χ1) is 8.13. The Balaban J connectivity index is 2.37. The quantitative estimate of drug-likeness (QED) is 0.905. The summed E-state index contributed by atoms with van der Waals surface area (Å²) in [5, 5.41) is 0.838. The Morgan fingerprint density at radius 3 is 3.00 bits per heavy atom. The number of nitrogens with two attached hydrogens (primary N) is 1. The molecule has 2 rings (SSSR count). The van der Waals surface area contributed by atoms with Gasteiger partial charge in [0.25, 0.3) is 0 Å². The van der Waals surface area contributed by atoms with E-state index in [0.29, 0.717) is 12.0 Å². The fourth-order valence-electron chi connectivity index (χ4n) is 2.74. The maximum atomic E-state index is 6.33. The standard InChI is InChI=1S/C13H18BrClN2/c1-17-6-2-3-9(8-16)13(17)11-7-10(14)4-5-12(11)15/h4-5,7,9,13H,2-3,6,8,16H2,1H3. The van der Waals surface area contributed by atoms with Crippen LogP contribution in [0.2, 0.25) is 5.02 Å². The van der Waals surface area contributed by atoms with E-state index in [2.05, 4.69) is 33.9 Å². The van der Waals surface area contributed by atoms with Gasteiger partial charge in [0, 0.05) is 15.5 Å². The summed E-state index contributed by atoms with van der Waals surface area (Å²) >= 11 is 9.85. The number of likely N-dealkylation sites (tertiary alicyclic amines) is 1. The van der Waals surface area contributed by atoms with Crippen molar-refractivity contribution >= 4 is 27.5 Å². The number of halogens is 2. The Bertz CT molecular complexity index is 397. The fraction of sp³-hybridized carbons (Fsp3) is 0.538. The van der Waals surface area contributed by atoms with Crippen LogP contribution in [0.5, 0.6) is 0 Å². The zero-order valence-electron chi connectivity index (χ0n) is 10.00. The Morgan fingerprint density at radius 1 is 1.53 bits per heavy atom. The average Bonchev–Trinajstić information content (AvgIpc) is 2.32. The van der Waals surface area contributed by atoms with E-state index in [1.165, 1.54) is 18.4 Å². The van der Waals surface area contributed by atoms with Crippen molar-refractivity contribution in [2.24, 2.45) is 11.7 Å². The van der Waals surface area contributed by atoms with Crippen LogP contribution in [0.1, 0.15) is 24.4 Å². The second-order valence-electron chi connectivity index (χ2n) is 4.73. The van der Waals surface area contributed by atoms with Gasteiger partial charge in [-0.3, -0.25) is 4.90 Å². The van der Waals surface area contributed by atoms with Crippen molar-refractivity contribution in [3.8, 4) is 0 Å². The molecule has 1 aromatic rings. The smallest absolute Gasteiger partial charge is 0.0454 e. The minimum Gasteiger partial charge on any atom is -0.330 e. The molecule has 0 saturated carbocycles. The largest absolute Gasteiger partial charge is 0.330 e. The molecule has 94 valence electrons. The van der Waals surface area contributed by atoms with Crippen molar-refractivity contribution in [1.29, 1.82) is 0 Å². The molecule has 0 amide bonds. The molecule has 0 aliphatic carbocycles. The molecule has 1 aromatic carbocycles. The third-order valence-electron chi connectivity index (χ3n) is 3.59. The van der Waals surface area contributed by atoms with E-state index in [4.69, 9.17) is 17.3 Å². The van der Waals surface area contributed by atoms with Crippen molar-refractivity contribution in [3.63, 3.8) is 0 Å². The maximum Gasteiger partial charge on any atom is 0.0454 e. The van der Waals surface area contributed by atoms with Crippen molar-refractivity contribution in [1.82, 2.24) is 4.90 Å². The van der Waals surface area contributed by atoms with Crippen LogP contribution in [0.15, 0.2) is 22.7 Å². The van der Waals surface area contributed by atoms with Gasteiger partial charge in [-0.1, -0.05) is 27.5 Å². The van der Waals surface area contributed by atoms with Gasteiger partial charge < -0.3 is 5.73 Å². The number of rotatable bonds is 2. The molecular weight excluding hydrogens is 300 g/mol. The highest BCUT2D eigenvalue weighted by atomic mass is 79.9. The van der Waals surface area contributed by atoms with Gasteiger partial charge in [-0.25, -0.2) is 0 Å². The van der Waals surface area contributed by atoms with E-state index in [1.807, 2.05) is 12.1 Å². The zero-order valence-corrected chi connectivity index (χ0v) is 12.3. The van der Waals surface area contributed by atoms with Crippen molar-refractivity contribution in [3.05, 3.63) is 33.3 Å². The summed E-state index contributed by atoms with van der Waals surface area (Å²) in [6, 6.07) is 6.40. The van der Waals surface area contributed by atoms with Crippen LogP contribution in [0.3, 0.4) is 0 Å². The predicted octanol–water partition coefficient (Wildman–Crippen LogP) is 3.44. The van der Waals surface area contributed by atoms with Gasteiger partial charge in [0.05, 0.1) is 0 Å². The minimum absolute atomic E-state index is 0.346. The topological polar surface area (TPSA) is 29.3 Å². The van der Waals surface area contributed by atoms with E-state index >= 15 is 0 Å². The van der Waals surface area contributed by atoms with E-state index in [0.717, 1.165) is 22.6 Å². The first-order valence-corrected chi connectivity index (χ1v) is 7.16. The van der Waals surface area contributed by atoms with Gasteiger partial charge >= 0.3 is 0 Å². The minimum atomic E-state index is 0.346. The molecule has 4 heteroatoms. The lowest BCUT2D eigenvalue weighted by molar-refractivity contribution is 0.125. The van der Waals surface area contributed by atoms with Gasteiger partial charge in [-0.05, 0) is 62.7 Å². The van der Waals surface area contributed by atoms with Gasteiger partial charge in [-0.2, -0.15) is 0 Å². The SMILES string of the molecule is CN1CCCC(CN)C1c1cc(Br)ccc1Cl. The summed E-state index contributed by atoms with van der Waals surface area (Å²) < 4.78 is 1.08. The van der Waals surface area contributed by atoms with Crippen LogP contribution in [-0.4, -0.2) is 25.0 Å². The average molecular weight is 318 g/mol. The highest BCUT2D eigenvalue weighted by molar-refractivity contribution is 9.10.